The van der Waals surface area contributed by atoms with Gasteiger partial charge >= 0.3 is 0 Å². The van der Waals surface area contributed by atoms with Gasteiger partial charge < -0.3 is 0 Å². The highest BCUT2D eigenvalue weighted by Gasteiger charge is 2.22. The van der Waals surface area contributed by atoms with Crippen LogP contribution in [0.2, 0.25) is 0 Å². The molecule has 16 heavy (non-hydrogen) atoms. The summed E-state index contributed by atoms with van der Waals surface area (Å²) in [5.41, 5.74) is 0. The number of rotatable bonds is 0. The molecule has 0 unspecified atom stereocenters. The third-order valence-electron chi connectivity index (χ3n) is 1.95. The van der Waals surface area contributed by atoms with Crippen LogP contribution in [0.3, 0.4) is 0 Å². The molecule has 0 aliphatic heterocycles. The first-order valence-corrected chi connectivity index (χ1v) is 3.88. The lowest BCUT2D eigenvalue weighted by Gasteiger charge is -2.05. The average Bonchev–Trinajstić information content (AvgIpc) is 2.35. The van der Waals surface area contributed by atoms with Gasteiger partial charge in [-0.15, -0.1) is 0 Å². The minimum absolute atomic E-state index is 1.52. The van der Waals surface area contributed by atoms with E-state index in [0.717, 1.165) is 0 Å². The molecule has 2 aromatic carbocycles. The number of fused-ring (bicyclic) bond motifs is 1. The van der Waals surface area contributed by atoms with Crippen LogP contribution in [0.4, 0.5) is 26.3 Å². The van der Waals surface area contributed by atoms with Crippen molar-refractivity contribution in [3.8, 4) is 0 Å². The predicted octanol–water partition coefficient (Wildman–Crippen LogP) is 3.67. The smallest absolute Gasteiger partial charge is 0.169 e. The van der Waals surface area contributed by atoms with E-state index in [2.05, 4.69) is 0 Å². The van der Waals surface area contributed by atoms with E-state index >= 15 is 0 Å². The number of hydrogen-bond donors (Lipinski definition) is 0. The second-order valence-corrected chi connectivity index (χ2v) is 2.88. The molecule has 0 saturated heterocycles. The second kappa shape index (κ2) is 3.40. The first-order valence-electron chi connectivity index (χ1n) is 4.88. The van der Waals surface area contributed by atoms with Crippen LogP contribution in [0.25, 0.3) is 10.8 Å². The molecule has 0 aromatic heterocycles. The molecule has 0 nitrogen and oxygen atoms in total. The molecule has 0 spiro atoms. The summed E-state index contributed by atoms with van der Waals surface area (Å²) < 4.78 is 93.0. The van der Waals surface area contributed by atoms with E-state index in [4.69, 9.17) is 2.74 Å². The van der Waals surface area contributed by atoms with E-state index < -0.39 is 57.8 Å². The summed E-state index contributed by atoms with van der Waals surface area (Å²) in [4.78, 5) is 0. The molecule has 0 atom stereocenters. The minimum Gasteiger partial charge on any atom is -0.206 e. The molecule has 0 saturated carbocycles. The summed E-state index contributed by atoms with van der Waals surface area (Å²) in [6.45, 7) is 0. The molecule has 0 aliphatic carbocycles. The normalized spacial score (nSPS) is 12.9. The molecule has 2 rings (SSSR count). The Balaban J connectivity index is 3.22. The van der Waals surface area contributed by atoms with Crippen molar-refractivity contribution in [1.29, 1.82) is 0 Å². The van der Waals surface area contributed by atoms with Crippen molar-refractivity contribution < 1.29 is 29.1 Å². The lowest BCUT2D eigenvalue weighted by atomic mass is 10.1. The van der Waals surface area contributed by atoms with Gasteiger partial charge in [-0.3, -0.25) is 0 Å². The van der Waals surface area contributed by atoms with Gasteiger partial charge in [0, 0.05) is 12.1 Å². The van der Waals surface area contributed by atoms with Gasteiger partial charge in [0.25, 0.3) is 0 Å². The van der Waals surface area contributed by atoms with Gasteiger partial charge in [0.05, 0.1) is 13.5 Å². The van der Waals surface area contributed by atoms with Crippen molar-refractivity contribution in [2.24, 2.45) is 0 Å². The lowest BCUT2D eigenvalue weighted by Crippen LogP contribution is -1.99. The lowest BCUT2D eigenvalue weighted by molar-refractivity contribution is 0.481. The maximum absolute atomic E-state index is 13.4. The quantitative estimate of drug-likeness (QED) is 0.485. The molecule has 0 N–H and O–H groups in total. The fourth-order valence-corrected chi connectivity index (χ4v) is 1.28. The molecular weight excluding hydrogens is 234 g/mol. The van der Waals surface area contributed by atoms with E-state index in [1.807, 2.05) is 0 Å². The van der Waals surface area contributed by atoms with Crippen LogP contribution in [0.1, 0.15) is 2.74 Å². The summed E-state index contributed by atoms with van der Waals surface area (Å²) in [5, 5.41) is -3.05. The summed E-state index contributed by atoms with van der Waals surface area (Å²) in [6, 6.07) is -3.29. The van der Waals surface area contributed by atoms with E-state index in [9.17, 15) is 26.3 Å². The molecule has 6 heteroatoms. The maximum Gasteiger partial charge on any atom is 0.169 e. The Kier molecular flexibility index (Phi) is 1.79. The fourth-order valence-electron chi connectivity index (χ4n) is 1.28. The van der Waals surface area contributed by atoms with Crippen LogP contribution >= 0.6 is 0 Å². The molecule has 0 amide bonds. The van der Waals surface area contributed by atoms with Crippen LogP contribution < -0.4 is 0 Å². The van der Waals surface area contributed by atoms with Crippen LogP contribution in [0.5, 0.6) is 0 Å². The number of halogens is 6. The van der Waals surface area contributed by atoms with Gasteiger partial charge in [0.2, 0.25) is 0 Å². The molecule has 0 radical (unpaired) electrons. The average molecular weight is 238 g/mol. The first-order chi connectivity index (χ1) is 8.29. The number of benzene rings is 2. The van der Waals surface area contributed by atoms with Gasteiger partial charge in [-0.25, -0.2) is 26.3 Å². The van der Waals surface area contributed by atoms with E-state index in [1.165, 1.54) is 0 Å². The Morgan fingerprint density at radius 3 is 1.25 bits per heavy atom. The summed E-state index contributed by atoms with van der Waals surface area (Å²) in [6.07, 6.45) is 0. The Morgan fingerprint density at radius 2 is 0.938 bits per heavy atom. The third-order valence-corrected chi connectivity index (χ3v) is 1.95. The molecular formula is C10H2F6. The largest absolute Gasteiger partial charge is 0.206 e. The Bertz CT molecular complexity index is 569. The zero-order valence-electron chi connectivity index (χ0n) is 9.27. The fraction of sp³-hybridized carbons (Fsp3) is 0. The molecule has 0 aliphatic rings. The summed E-state index contributed by atoms with van der Waals surface area (Å²) in [5.74, 6) is -12.0. The second-order valence-electron chi connectivity index (χ2n) is 2.88. The van der Waals surface area contributed by atoms with E-state index in [0.29, 0.717) is 0 Å². The van der Waals surface area contributed by atoms with Gasteiger partial charge in [0.15, 0.2) is 23.3 Å². The Morgan fingerprint density at radius 1 is 0.625 bits per heavy atom. The van der Waals surface area contributed by atoms with Crippen molar-refractivity contribution in [3.63, 3.8) is 0 Å². The maximum atomic E-state index is 13.4. The monoisotopic (exact) mass is 238 g/mol. The molecule has 0 bridgehead atoms. The van der Waals surface area contributed by atoms with Crippen molar-refractivity contribution in [1.82, 2.24) is 0 Å². The first kappa shape index (κ1) is 8.43. The SMILES string of the molecule is [2H]c1c(F)c(F)c2c(F)c([2H])c(F)c(F)c2c1F. The highest BCUT2D eigenvalue weighted by atomic mass is 19.2. The van der Waals surface area contributed by atoms with Crippen LogP contribution in [-0.2, 0) is 0 Å². The van der Waals surface area contributed by atoms with Crippen molar-refractivity contribution >= 4 is 10.8 Å². The molecule has 2 aromatic rings. The topological polar surface area (TPSA) is 0 Å². The van der Waals surface area contributed by atoms with Crippen LogP contribution in [-0.4, -0.2) is 0 Å². The molecule has 0 heterocycles. The third kappa shape index (κ3) is 1.33. The molecule has 0 fully saturated rings. The summed E-state index contributed by atoms with van der Waals surface area (Å²) >= 11 is 0. The van der Waals surface area contributed by atoms with E-state index in [1.54, 1.807) is 0 Å². The van der Waals surface area contributed by atoms with Gasteiger partial charge in [-0.05, 0) is 0 Å². The van der Waals surface area contributed by atoms with Crippen molar-refractivity contribution in [2.45, 2.75) is 0 Å². The zero-order chi connectivity index (χ0) is 13.8. The minimum atomic E-state index is -2.04. The summed E-state index contributed by atoms with van der Waals surface area (Å²) in [7, 11) is 0. The van der Waals surface area contributed by atoms with Crippen molar-refractivity contribution in [2.75, 3.05) is 0 Å². The highest BCUT2D eigenvalue weighted by Crippen LogP contribution is 2.29. The van der Waals surface area contributed by atoms with Crippen LogP contribution in [0.15, 0.2) is 12.1 Å². The predicted molar refractivity (Wildman–Crippen MR) is 43.7 cm³/mol. The van der Waals surface area contributed by atoms with Gasteiger partial charge in [-0.1, -0.05) is 0 Å². The van der Waals surface area contributed by atoms with Crippen LogP contribution in [0, 0.1) is 34.9 Å². The van der Waals surface area contributed by atoms with E-state index in [-0.39, 0.29) is 0 Å². The Hall–Kier alpha value is -1.72. The zero-order valence-corrected chi connectivity index (χ0v) is 7.27. The molecule has 84 valence electrons. The van der Waals surface area contributed by atoms with Crippen molar-refractivity contribution in [3.05, 3.63) is 47.0 Å². The standard InChI is InChI=1S/C10H2F6/c11-3-1-5(13)9(15)8-4(12)2-6(14)10(16)7(3)8/h1-2H/i1D,2D. The number of hydrogen-bond acceptors (Lipinski definition) is 0. The Labute approximate surface area is 87.9 Å². The van der Waals surface area contributed by atoms with Gasteiger partial charge in [-0.2, -0.15) is 0 Å². The highest BCUT2D eigenvalue weighted by molar-refractivity contribution is 5.85. The van der Waals surface area contributed by atoms with Gasteiger partial charge in [0.1, 0.15) is 11.6 Å².